The van der Waals surface area contributed by atoms with Gasteiger partial charge in [-0.3, -0.25) is 4.72 Å². The second-order valence-electron chi connectivity index (χ2n) is 4.97. The molecule has 1 heterocycles. The van der Waals surface area contributed by atoms with Crippen LogP contribution in [-0.4, -0.2) is 38.0 Å². The first-order valence-corrected chi connectivity index (χ1v) is 8.03. The van der Waals surface area contributed by atoms with Crippen LogP contribution in [0.3, 0.4) is 0 Å². The molecule has 0 aromatic heterocycles. The predicted molar refractivity (Wildman–Crippen MR) is 80.4 cm³/mol. The van der Waals surface area contributed by atoms with Gasteiger partial charge in [-0.2, -0.15) is 0 Å². The van der Waals surface area contributed by atoms with Crippen molar-refractivity contribution in [3.05, 3.63) is 47.7 Å². The molecule has 2 rings (SSSR count). The predicted octanol–water partition coefficient (Wildman–Crippen LogP) is 1.61. The van der Waals surface area contributed by atoms with Crippen molar-refractivity contribution in [3.8, 4) is 0 Å². The van der Waals surface area contributed by atoms with Crippen LogP contribution in [0.1, 0.15) is 12.5 Å². The molecule has 1 aliphatic heterocycles. The van der Waals surface area contributed by atoms with Gasteiger partial charge in [0, 0.05) is 18.9 Å². The summed E-state index contributed by atoms with van der Waals surface area (Å²) >= 11 is 0. The van der Waals surface area contributed by atoms with Crippen LogP contribution < -0.4 is 4.72 Å². The highest BCUT2D eigenvalue weighted by Crippen LogP contribution is 2.26. The number of hydrogen-bond acceptors (Lipinski definition) is 4. The van der Waals surface area contributed by atoms with Crippen molar-refractivity contribution in [1.82, 2.24) is 4.90 Å². The van der Waals surface area contributed by atoms with Crippen molar-refractivity contribution in [2.75, 3.05) is 18.0 Å². The van der Waals surface area contributed by atoms with Gasteiger partial charge in [0.25, 0.3) is 0 Å². The van der Waals surface area contributed by atoms with Gasteiger partial charge in [0.2, 0.25) is 10.0 Å². The van der Waals surface area contributed by atoms with Crippen molar-refractivity contribution >= 4 is 21.3 Å². The van der Waals surface area contributed by atoms with Crippen LogP contribution in [0.2, 0.25) is 0 Å². The molecule has 5 nitrogen and oxygen atoms in total. The standard InChI is InChI=1S/C14H18N2O3S/c1-10-7-12(9-16(2)14(10)17)11-5-4-6-13(8-11)15-20(3,18)19/h4-9,14-15,17H,1-3H3. The lowest BCUT2D eigenvalue weighted by Gasteiger charge is -2.28. The van der Waals surface area contributed by atoms with Gasteiger partial charge in [0.15, 0.2) is 0 Å². The Morgan fingerprint density at radius 2 is 2.05 bits per heavy atom. The number of aliphatic hydroxyl groups is 1. The van der Waals surface area contributed by atoms with E-state index in [1.54, 1.807) is 30.1 Å². The molecule has 0 aliphatic carbocycles. The maximum absolute atomic E-state index is 11.3. The zero-order valence-electron chi connectivity index (χ0n) is 11.7. The molecule has 1 aromatic rings. The number of benzene rings is 1. The second-order valence-corrected chi connectivity index (χ2v) is 6.72. The van der Waals surface area contributed by atoms with E-state index in [2.05, 4.69) is 4.72 Å². The molecule has 0 radical (unpaired) electrons. The van der Waals surface area contributed by atoms with Crippen LogP contribution in [0.15, 0.2) is 42.1 Å². The van der Waals surface area contributed by atoms with E-state index in [0.29, 0.717) is 5.69 Å². The van der Waals surface area contributed by atoms with Crippen LogP contribution in [-0.2, 0) is 10.0 Å². The Bertz CT molecular complexity index is 677. The fraction of sp³-hybridized carbons (Fsp3) is 0.286. The van der Waals surface area contributed by atoms with Crippen molar-refractivity contribution in [2.45, 2.75) is 13.2 Å². The van der Waals surface area contributed by atoms with Gasteiger partial charge >= 0.3 is 0 Å². The quantitative estimate of drug-likeness (QED) is 0.888. The minimum absolute atomic E-state index is 0.519. The largest absolute Gasteiger partial charge is 0.370 e. The summed E-state index contributed by atoms with van der Waals surface area (Å²) in [5, 5.41) is 9.84. The number of likely N-dealkylation sites (N-methyl/N-ethyl adjacent to an activating group) is 1. The number of anilines is 1. The zero-order chi connectivity index (χ0) is 14.9. The molecule has 1 aliphatic rings. The van der Waals surface area contributed by atoms with Crippen LogP contribution in [0.4, 0.5) is 5.69 Å². The molecular formula is C14H18N2O3S. The first-order chi connectivity index (χ1) is 9.26. The third kappa shape index (κ3) is 3.40. The molecule has 0 spiro atoms. The lowest BCUT2D eigenvalue weighted by Crippen LogP contribution is -2.30. The van der Waals surface area contributed by atoms with E-state index in [1.165, 1.54) is 0 Å². The maximum atomic E-state index is 11.3. The van der Waals surface area contributed by atoms with Gasteiger partial charge in [-0.25, -0.2) is 8.42 Å². The van der Waals surface area contributed by atoms with Crippen molar-refractivity contribution < 1.29 is 13.5 Å². The molecule has 20 heavy (non-hydrogen) atoms. The maximum Gasteiger partial charge on any atom is 0.229 e. The molecule has 0 saturated heterocycles. The Labute approximate surface area is 119 Å². The first kappa shape index (κ1) is 14.6. The first-order valence-electron chi connectivity index (χ1n) is 6.14. The Morgan fingerprint density at radius 1 is 1.35 bits per heavy atom. The van der Waals surface area contributed by atoms with Gasteiger partial charge in [0.1, 0.15) is 6.23 Å². The van der Waals surface area contributed by atoms with Gasteiger partial charge in [0.05, 0.1) is 6.26 Å². The average molecular weight is 294 g/mol. The molecule has 6 heteroatoms. The second kappa shape index (κ2) is 5.30. The van der Waals surface area contributed by atoms with Gasteiger partial charge in [-0.15, -0.1) is 0 Å². The van der Waals surface area contributed by atoms with Gasteiger partial charge in [-0.05, 0) is 41.8 Å². The number of rotatable bonds is 3. The number of nitrogens with zero attached hydrogens (tertiary/aromatic N) is 1. The Hall–Kier alpha value is -1.79. The highest BCUT2D eigenvalue weighted by molar-refractivity contribution is 7.92. The smallest absolute Gasteiger partial charge is 0.229 e. The van der Waals surface area contributed by atoms with Crippen molar-refractivity contribution in [3.63, 3.8) is 0 Å². The summed E-state index contributed by atoms with van der Waals surface area (Å²) in [6.07, 6.45) is 4.23. The molecule has 1 unspecified atom stereocenters. The summed E-state index contributed by atoms with van der Waals surface area (Å²) in [6.45, 7) is 1.85. The fourth-order valence-corrected chi connectivity index (χ4v) is 2.66. The molecule has 2 N–H and O–H groups in total. The molecular weight excluding hydrogens is 276 g/mol. The van der Waals surface area contributed by atoms with E-state index in [1.807, 2.05) is 25.3 Å². The Balaban J connectivity index is 2.35. The normalized spacial score (nSPS) is 19.4. The SMILES string of the molecule is CC1=CC(c2cccc(NS(C)(=O)=O)c2)=CN(C)C1O. The number of hydrogen-bond donors (Lipinski definition) is 2. The minimum Gasteiger partial charge on any atom is -0.370 e. The highest BCUT2D eigenvalue weighted by Gasteiger charge is 2.17. The molecule has 1 aromatic carbocycles. The summed E-state index contributed by atoms with van der Waals surface area (Å²) in [4.78, 5) is 1.71. The molecule has 108 valence electrons. The molecule has 0 bridgehead atoms. The Kier molecular flexibility index (Phi) is 3.87. The van der Waals surface area contributed by atoms with E-state index < -0.39 is 16.3 Å². The van der Waals surface area contributed by atoms with E-state index in [9.17, 15) is 13.5 Å². The molecule has 0 amide bonds. The third-order valence-electron chi connectivity index (χ3n) is 3.02. The summed E-state index contributed by atoms with van der Waals surface area (Å²) in [7, 11) is -1.50. The number of allylic oxidation sites excluding steroid dienone is 2. The fourth-order valence-electron chi connectivity index (χ4n) is 2.10. The summed E-state index contributed by atoms with van der Waals surface area (Å²) in [5.74, 6) is 0. The van der Waals surface area contributed by atoms with Gasteiger partial charge < -0.3 is 10.0 Å². The van der Waals surface area contributed by atoms with Crippen LogP contribution in [0.5, 0.6) is 0 Å². The molecule has 1 atom stereocenters. The average Bonchev–Trinajstić information content (AvgIpc) is 2.33. The Morgan fingerprint density at radius 3 is 2.65 bits per heavy atom. The molecule has 0 saturated carbocycles. The van der Waals surface area contributed by atoms with E-state index in [-0.39, 0.29) is 0 Å². The van der Waals surface area contributed by atoms with Crippen LogP contribution in [0.25, 0.3) is 5.57 Å². The minimum atomic E-state index is -3.29. The third-order valence-corrected chi connectivity index (χ3v) is 3.62. The summed E-state index contributed by atoms with van der Waals surface area (Å²) in [6, 6.07) is 7.15. The number of sulfonamides is 1. The topological polar surface area (TPSA) is 69.6 Å². The number of aliphatic hydroxyl groups excluding tert-OH is 1. The summed E-state index contributed by atoms with van der Waals surface area (Å²) in [5.41, 5.74) is 3.17. The molecule has 0 fully saturated rings. The van der Waals surface area contributed by atoms with Crippen molar-refractivity contribution in [1.29, 1.82) is 0 Å². The van der Waals surface area contributed by atoms with E-state index in [0.717, 1.165) is 23.0 Å². The summed E-state index contributed by atoms with van der Waals surface area (Å²) < 4.78 is 25.0. The lowest BCUT2D eigenvalue weighted by molar-refractivity contribution is 0.0868. The number of nitrogens with one attached hydrogen (secondary N) is 1. The van der Waals surface area contributed by atoms with E-state index in [4.69, 9.17) is 0 Å². The lowest BCUT2D eigenvalue weighted by atomic mass is 10.0. The van der Waals surface area contributed by atoms with Crippen LogP contribution >= 0.6 is 0 Å². The van der Waals surface area contributed by atoms with Crippen LogP contribution in [0, 0.1) is 0 Å². The van der Waals surface area contributed by atoms with Crippen molar-refractivity contribution in [2.24, 2.45) is 0 Å². The highest BCUT2D eigenvalue weighted by atomic mass is 32.2. The zero-order valence-corrected chi connectivity index (χ0v) is 12.5. The van der Waals surface area contributed by atoms with E-state index >= 15 is 0 Å². The monoisotopic (exact) mass is 294 g/mol. The van der Waals surface area contributed by atoms with Gasteiger partial charge in [-0.1, -0.05) is 12.1 Å².